The fourth-order valence-corrected chi connectivity index (χ4v) is 4.86. The molecule has 0 amide bonds. The molecular formula is C22H15BrFN3O. The highest BCUT2D eigenvalue weighted by atomic mass is 79.9. The number of hydrogen-bond donors (Lipinski definition) is 0. The average Bonchev–Trinajstić information content (AvgIpc) is 3.01. The van der Waals surface area contributed by atoms with Gasteiger partial charge in [-0.05, 0) is 42.3 Å². The molecule has 0 bridgehead atoms. The number of anilines is 1. The van der Waals surface area contributed by atoms with Crippen LogP contribution in [0.3, 0.4) is 0 Å². The summed E-state index contributed by atoms with van der Waals surface area (Å²) in [6.07, 6.45) is 3.64. The van der Waals surface area contributed by atoms with Gasteiger partial charge in [-0.15, -0.1) is 0 Å². The van der Waals surface area contributed by atoms with Crippen molar-refractivity contribution in [3.63, 3.8) is 0 Å². The number of nitrogens with zero attached hydrogens (tertiary/aromatic N) is 3. The average molecular weight is 436 g/mol. The predicted octanol–water partition coefficient (Wildman–Crippen LogP) is 4.58. The first-order chi connectivity index (χ1) is 13.4. The number of carbonyl (C=O) groups is 1. The SMILES string of the molecule is CC(=O)[C@H]1[C@H](c2cc(Br)ccc2F)C(C#N)(C#N)[C@H]2C=Cc3ccccc3N12. The second kappa shape index (κ2) is 6.58. The second-order valence-corrected chi connectivity index (χ2v) is 7.98. The van der Waals surface area contributed by atoms with Crippen LogP contribution >= 0.6 is 15.9 Å². The summed E-state index contributed by atoms with van der Waals surface area (Å²) in [5, 5.41) is 20.2. The van der Waals surface area contributed by atoms with Gasteiger partial charge in [-0.3, -0.25) is 4.79 Å². The van der Waals surface area contributed by atoms with Gasteiger partial charge in [-0.25, -0.2) is 4.39 Å². The molecule has 0 aliphatic carbocycles. The summed E-state index contributed by atoms with van der Waals surface area (Å²) in [6, 6.07) is 14.7. The van der Waals surface area contributed by atoms with Gasteiger partial charge in [0, 0.05) is 16.1 Å². The van der Waals surface area contributed by atoms with Crippen molar-refractivity contribution in [1.29, 1.82) is 10.5 Å². The molecule has 4 nitrogen and oxygen atoms in total. The van der Waals surface area contributed by atoms with Crippen LogP contribution in [0.25, 0.3) is 6.08 Å². The van der Waals surface area contributed by atoms with Gasteiger partial charge in [-0.1, -0.05) is 46.3 Å². The summed E-state index contributed by atoms with van der Waals surface area (Å²) in [5.74, 6) is -1.68. The van der Waals surface area contributed by atoms with Gasteiger partial charge < -0.3 is 4.90 Å². The lowest BCUT2D eigenvalue weighted by atomic mass is 9.69. The largest absolute Gasteiger partial charge is 0.351 e. The molecule has 2 aliphatic rings. The smallest absolute Gasteiger partial charge is 0.176 e. The molecule has 2 aromatic carbocycles. The number of fused-ring (bicyclic) bond motifs is 3. The molecule has 0 saturated carbocycles. The number of hydrogen-bond acceptors (Lipinski definition) is 4. The van der Waals surface area contributed by atoms with Crippen LogP contribution in [0.15, 0.2) is 53.0 Å². The summed E-state index contributed by atoms with van der Waals surface area (Å²) < 4.78 is 15.5. The zero-order valence-corrected chi connectivity index (χ0v) is 16.5. The second-order valence-electron chi connectivity index (χ2n) is 7.06. The maximum Gasteiger partial charge on any atom is 0.176 e. The number of ketones is 1. The maximum atomic E-state index is 14.9. The van der Waals surface area contributed by atoms with Crippen LogP contribution in [-0.2, 0) is 4.79 Å². The molecule has 0 radical (unpaired) electrons. The molecule has 28 heavy (non-hydrogen) atoms. The Morgan fingerprint density at radius 2 is 1.93 bits per heavy atom. The third-order valence-corrected chi connectivity index (χ3v) is 6.12. The van der Waals surface area contributed by atoms with Gasteiger partial charge in [0.2, 0.25) is 0 Å². The zero-order chi connectivity index (χ0) is 20.1. The fourth-order valence-electron chi connectivity index (χ4n) is 4.48. The Hall–Kier alpha value is -2.96. The van der Waals surface area contributed by atoms with E-state index in [-0.39, 0.29) is 11.3 Å². The lowest BCUT2D eigenvalue weighted by Gasteiger charge is -2.35. The van der Waals surface area contributed by atoms with Crippen LogP contribution < -0.4 is 4.90 Å². The van der Waals surface area contributed by atoms with Crippen LogP contribution in [0, 0.1) is 33.9 Å². The molecule has 2 aliphatic heterocycles. The van der Waals surface area contributed by atoms with E-state index in [9.17, 15) is 19.7 Å². The van der Waals surface area contributed by atoms with Gasteiger partial charge >= 0.3 is 0 Å². The van der Waals surface area contributed by atoms with Crippen molar-refractivity contribution >= 4 is 33.5 Å². The number of para-hydroxylation sites is 1. The molecule has 1 saturated heterocycles. The van der Waals surface area contributed by atoms with Crippen LogP contribution in [-0.4, -0.2) is 17.9 Å². The quantitative estimate of drug-likeness (QED) is 0.692. The highest BCUT2D eigenvalue weighted by molar-refractivity contribution is 9.10. The number of nitriles is 2. The maximum absolute atomic E-state index is 14.9. The molecular weight excluding hydrogens is 421 g/mol. The van der Waals surface area contributed by atoms with E-state index >= 15 is 0 Å². The van der Waals surface area contributed by atoms with Crippen molar-refractivity contribution < 1.29 is 9.18 Å². The Balaban J connectivity index is 2.04. The number of Topliss-reactive ketones (excluding diaryl/α,β-unsaturated/α-hetero) is 1. The van der Waals surface area contributed by atoms with Gasteiger partial charge in [0.1, 0.15) is 5.82 Å². The molecule has 3 atom stereocenters. The first-order valence-electron chi connectivity index (χ1n) is 8.78. The van der Waals surface area contributed by atoms with Crippen molar-refractivity contribution in [2.24, 2.45) is 5.41 Å². The third-order valence-electron chi connectivity index (χ3n) is 5.62. The lowest BCUT2D eigenvalue weighted by molar-refractivity contribution is -0.118. The molecule has 4 rings (SSSR count). The van der Waals surface area contributed by atoms with Gasteiger partial charge in [0.15, 0.2) is 11.2 Å². The molecule has 1 fully saturated rings. The van der Waals surface area contributed by atoms with E-state index in [1.165, 1.54) is 13.0 Å². The summed E-state index contributed by atoms with van der Waals surface area (Å²) in [6.45, 7) is 1.43. The highest BCUT2D eigenvalue weighted by Gasteiger charge is 2.63. The van der Waals surface area contributed by atoms with E-state index in [0.29, 0.717) is 4.47 Å². The normalized spacial score (nSPS) is 24.0. The van der Waals surface area contributed by atoms with Crippen molar-refractivity contribution in [3.05, 3.63) is 70.0 Å². The minimum Gasteiger partial charge on any atom is -0.351 e. The van der Waals surface area contributed by atoms with E-state index in [4.69, 9.17) is 0 Å². The molecule has 0 unspecified atom stereocenters. The first-order valence-corrected chi connectivity index (χ1v) is 9.57. The van der Waals surface area contributed by atoms with Crippen molar-refractivity contribution in [1.82, 2.24) is 0 Å². The molecule has 0 spiro atoms. The van der Waals surface area contributed by atoms with Crippen molar-refractivity contribution in [2.75, 3.05) is 4.90 Å². The van der Waals surface area contributed by atoms with Gasteiger partial charge in [-0.2, -0.15) is 10.5 Å². The van der Waals surface area contributed by atoms with Gasteiger partial charge in [0.25, 0.3) is 0 Å². The topological polar surface area (TPSA) is 67.9 Å². The Morgan fingerprint density at radius 1 is 1.21 bits per heavy atom. The molecule has 138 valence electrons. The summed E-state index contributed by atoms with van der Waals surface area (Å²) >= 11 is 3.34. The lowest BCUT2D eigenvalue weighted by Crippen LogP contribution is -2.43. The predicted molar refractivity (Wildman–Crippen MR) is 107 cm³/mol. The Morgan fingerprint density at radius 3 is 2.61 bits per heavy atom. The van der Waals surface area contributed by atoms with Gasteiger partial charge in [0.05, 0.1) is 24.2 Å². The minimum atomic E-state index is -1.61. The standard InChI is InChI=1S/C22H15BrFN3O/c1-13(28)21-20(16-10-15(23)7-8-17(16)24)22(11-25,12-26)19-9-6-14-4-2-3-5-18(14)27(19)21/h2-10,19-21H,1H3/t19-,20+,21+/m1/s1. The van der Waals surface area contributed by atoms with E-state index in [1.54, 1.807) is 18.2 Å². The number of carbonyl (C=O) groups excluding carboxylic acids is 1. The molecule has 6 heteroatoms. The molecule has 0 aromatic heterocycles. The van der Waals surface area contributed by atoms with Crippen LogP contribution in [0.1, 0.15) is 24.0 Å². The summed E-state index contributed by atoms with van der Waals surface area (Å²) in [7, 11) is 0. The number of halogens is 2. The monoisotopic (exact) mass is 435 g/mol. The van der Waals surface area contributed by atoms with Crippen LogP contribution in [0.2, 0.25) is 0 Å². The fraction of sp³-hybridized carbons (Fsp3) is 0.227. The summed E-state index contributed by atoms with van der Waals surface area (Å²) in [5.41, 5.74) is 0.244. The number of rotatable bonds is 2. The van der Waals surface area contributed by atoms with Crippen molar-refractivity contribution in [3.8, 4) is 12.1 Å². The Labute approximate surface area is 170 Å². The minimum absolute atomic E-state index is 0.193. The number of benzene rings is 2. The van der Waals surface area contributed by atoms with E-state index in [1.807, 2.05) is 35.2 Å². The Bertz CT molecular complexity index is 1080. The van der Waals surface area contributed by atoms with E-state index < -0.39 is 29.2 Å². The van der Waals surface area contributed by atoms with Crippen LogP contribution in [0.5, 0.6) is 0 Å². The van der Waals surface area contributed by atoms with Crippen LogP contribution in [0.4, 0.5) is 10.1 Å². The first kappa shape index (κ1) is 18.4. The zero-order valence-electron chi connectivity index (χ0n) is 14.9. The molecule has 2 aromatic rings. The molecule has 2 heterocycles. The van der Waals surface area contributed by atoms with E-state index in [0.717, 1.165) is 11.3 Å². The molecule has 0 N–H and O–H groups in total. The van der Waals surface area contributed by atoms with E-state index in [2.05, 4.69) is 28.1 Å². The Kier molecular flexibility index (Phi) is 4.33. The highest BCUT2D eigenvalue weighted by Crippen LogP contribution is 2.55. The summed E-state index contributed by atoms with van der Waals surface area (Å²) in [4.78, 5) is 14.6. The third kappa shape index (κ3) is 2.42. The van der Waals surface area contributed by atoms with Crippen molar-refractivity contribution in [2.45, 2.75) is 24.9 Å².